The van der Waals surface area contributed by atoms with Crippen molar-refractivity contribution in [2.75, 3.05) is 31.6 Å². The van der Waals surface area contributed by atoms with E-state index in [9.17, 15) is 20.0 Å². The molecule has 1 aliphatic rings. The molecule has 1 aliphatic heterocycles. The van der Waals surface area contributed by atoms with Gasteiger partial charge in [0.15, 0.2) is 0 Å². The molecule has 1 fully saturated rings. The lowest BCUT2D eigenvalue weighted by Crippen LogP contribution is -2.47. The predicted molar refractivity (Wildman–Crippen MR) is 82.8 cm³/mol. The van der Waals surface area contributed by atoms with E-state index in [4.69, 9.17) is 0 Å². The first-order valence-electron chi connectivity index (χ1n) is 7.39. The van der Waals surface area contributed by atoms with Crippen molar-refractivity contribution >= 4 is 17.3 Å². The van der Waals surface area contributed by atoms with E-state index in [-0.39, 0.29) is 30.8 Å². The molecular weight excluding hydrogens is 286 g/mol. The molecule has 1 saturated heterocycles. The van der Waals surface area contributed by atoms with E-state index < -0.39 is 4.92 Å². The maximum absolute atomic E-state index is 12.4. The number of piperidine rings is 1. The lowest BCUT2D eigenvalue weighted by atomic mass is 10.0. The highest BCUT2D eigenvalue weighted by Crippen LogP contribution is 2.20. The lowest BCUT2D eigenvalue weighted by Gasteiger charge is -2.34. The Morgan fingerprint density at radius 1 is 1.41 bits per heavy atom. The highest BCUT2D eigenvalue weighted by Gasteiger charge is 2.25. The van der Waals surface area contributed by atoms with Crippen LogP contribution in [0.1, 0.15) is 19.3 Å². The third-order valence-corrected chi connectivity index (χ3v) is 4.12. The summed E-state index contributed by atoms with van der Waals surface area (Å²) in [5, 5.41) is 20.0. The van der Waals surface area contributed by atoms with Crippen LogP contribution in [0.2, 0.25) is 0 Å². The number of aliphatic hydroxyl groups excluding tert-OH is 1. The molecule has 120 valence electrons. The van der Waals surface area contributed by atoms with Crippen molar-refractivity contribution in [1.82, 2.24) is 4.90 Å². The van der Waals surface area contributed by atoms with E-state index in [0.717, 1.165) is 25.8 Å². The van der Waals surface area contributed by atoms with Crippen LogP contribution in [0, 0.1) is 10.1 Å². The van der Waals surface area contributed by atoms with Gasteiger partial charge in [-0.3, -0.25) is 19.8 Å². The van der Waals surface area contributed by atoms with Gasteiger partial charge >= 0.3 is 0 Å². The predicted octanol–water partition coefficient (Wildman–Crippen LogP) is 1.40. The Morgan fingerprint density at radius 3 is 2.68 bits per heavy atom. The molecule has 0 saturated carbocycles. The molecule has 1 unspecified atom stereocenters. The molecule has 0 bridgehead atoms. The molecule has 7 heteroatoms. The quantitative estimate of drug-likeness (QED) is 0.656. The number of carbonyl (C=O) groups is 1. The Balaban J connectivity index is 2.00. The number of nitrogens with zero attached hydrogens (tertiary/aromatic N) is 3. The van der Waals surface area contributed by atoms with Gasteiger partial charge in [0.2, 0.25) is 5.91 Å². The van der Waals surface area contributed by atoms with E-state index in [1.165, 1.54) is 17.0 Å². The Kier molecular flexibility index (Phi) is 5.46. The molecular formula is C15H21N3O4. The third-order valence-electron chi connectivity index (χ3n) is 4.12. The highest BCUT2D eigenvalue weighted by atomic mass is 16.6. The van der Waals surface area contributed by atoms with Crippen molar-refractivity contribution in [1.29, 1.82) is 0 Å². The first-order valence-corrected chi connectivity index (χ1v) is 7.39. The number of amides is 1. The van der Waals surface area contributed by atoms with Crippen molar-refractivity contribution in [3.8, 4) is 0 Å². The first kappa shape index (κ1) is 16.4. The van der Waals surface area contributed by atoms with E-state index in [0.29, 0.717) is 5.69 Å². The van der Waals surface area contributed by atoms with E-state index in [1.54, 1.807) is 19.2 Å². The van der Waals surface area contributed by atoms with E-state index >= 15 is 0 Å². The normalized spacial score (nSPS) is 18.9. The second-order valence-electron chi connectivity index (χ2n) is 5.53. The van der Waals surface area contributed by atoms with Gasteiger partial charge in [0, 0.05) is 30.9 Å². The van der Waals surface area contributed by atoms with E-state index in [1.807, 2.05) is 4.90 Å². The molecule has 1 amide bonds. The SMILES string of the molecule is CN(C(=O)CN1CCCCC1CO)c1ccc([N+](=O)[O-])cc1. The average molecular weight is 307 g/mol. The molecule has 22 heavy (non-hydrogen) atoms. The number of likely N-dealkylation sites (N-methyl/N-ethyl adjacent to an activating group) is 1. The Morgan fingerprint density at radius 2 is 2.09 bits per heavy atom. The minimum absolute atomic E-state index is 0.000902. The third kappa shape index (κ3) is 3.80. The van der Waals surface area contributed by atoms with Gasteiger partial charge in [-0.1, -0.05) is 6.42 Å². The molecule has 1 heterocycles. The Labute approximate surface area is 129 Å². The second-order valence-corrected chi connectivity index (χ2v) is 5.53. The molecule has 1 N–H and O–H groups in total. The van der Waals surface area contributed by atoms with Crippen LogP contribution in [-0.4, -0.2) is 53.6 Å². The maximum Gasteiger partial charge on any atom is 0.269 e. The van der Waals surface area contributed by atoms with Gasteiger partial charge in [-0.25, -0.2) is 0 Å². The van der Waals surface area contributed by atoms with Crippen LogP contribution in [0.5, 0.6) is 0 Å². The number of hydrogen-bond acceptors (Lipinski definition) is 5. The average Bonchev–Trinajstić information content (AvgIpc) is 2.54. The minimum atomic E-state index is -0.467. The molecule has 0 aliphatic carbocycles. The van der Waals surface area contributed by atoms with Gasteiger partial charge < -0.3 is 10.0 Å². The van der Waals surface area contributed by atoms with Crippen LogP contribution >= 0.6 is 0 Å². The van der Waals surface area contributed by atoms with Gasteiger partial charge in [0.1, 0.15) is 0 Å². The zero-order chi connectivity index (χ0) is 16.1. The number of anilines is 1. The summed E-state index contributed by atoms with van der Waals surface area (Å²) in [6.07, 6.45) is 3.02. The van der Waals surface area contributed by atoms with Crippen LogP contribution < -0.4 is 4.90 Å². The zero-order valence-electron chi connectivity index (χ0n) is 12.6. The van der Waals surface area contributed by atoms with Crippen molar-refractivity contribution in [2.45, 2.75) is 25.3 Å². The summed E-state index contributed by atoms with van der Waals surface area (Å²) < 4.78 is 0. The second kappa shape index (κ2) is 7.33. The summed E-state index contributed by atoms with van der Waals surface area (Å²) in [7, 11) is 1.65. The number of likely N-dealkylation sites (tertiary alicyclic amines) is 1. The van der Waals surface area contributed by atoms with Crippen LogP contribution in [0.4, 0.5) is 11.4 Å². The standard InChI is InChI=1S/C15H21N3O4/c1-16(12-5-7-13(8-6-12)18(21)22)15(20)10-17-9-3-2-4-14(17)11-19/h5-8,14,19H,2-4,9-11H2,1H3. The number of hydrogen-bond donors (Lipinski definition) is 1. The number of nitro groups is 1. The number of rotatable bonds is 5. The summed E-state index contributed by atoms with van der Waals surface area (Å²) in [4.78, 5) is 26.0. The van der Waals surface area contributed by atoms with Gasteiger partial charge in [0.25, 0.3) is 5.69 Å². The maximum atomic E-state index is 12.4. The van der Waals surface area contributed by atoms with Gasteiger partial charge in [0.05, 0.1) is 18.1 Å². The van der Waals surface area contributed by atoms with Crippen LogP contribution in [-0.2, 0) is 4.79 Å². The van der Waals surface area contributed by atoms with Crippen molar-refractivity contribution in [2.24, 2.45) is 0 Å². The Hall–Kier alpha value is -1.99. The first-order chi connectivity index (χ1) is 10.5. The largest absolute Gasteiger partial charge is 0.395 e. The number of non-ortho nitro benzene ring substituents is 1. The number of nitro benzene ring substituents is 1. The van der Waals surface area contributed by atoms with Crippen LogP contribution in [0.25, 0.3) is 0 Å². The highest BCUT2D eigenvalue weighted by molar-refractivity contribution is 5.94. The molecule has 7 nitrogen and oxygen atoms in total. The van der Waals surface area contributed by atoms with Gasteiger partial charge in [-0.2, -0.15) is 0 Å². The number of benzene rings is 1. The number of aliphatic hydroxyl groups is 1. The molecule has 1 aromatic rings. The zero-order valence-corrected chi connectivity index (χ0v) is 12.6. The van der Waals surface area contributed by atoms with Gasteiger partial charge in [-0.05, 0) is 31.5 Å². The lowest BCUT2D eigenvalue weighted by molar-refractivity contribution is -0.384. The summed E-state index contributed by atoms with van der Waals surface area (Å²) in [6, 6.07) is 5.95. The van der Waals surface area contributed by atoms with E-state index in [2.05, 4.69) is 0 Å². The molecule has 1 atom stereocenters. The molecule has 2 rings (SSSR count). The van der Waals surface area contributed by atoms with Crippen LogP contribution in [0.3, 0.4) is 0 Å². The minimum Gasteiger partial charge on any atom is -0.395 e. The fraction of sp³-hybridized carbons (Fsp3) is 0.533. The van der Waals surface area contributed by atoms with Crippen LogP contribution in [0.15, 0.2) is 24.3 Å². The molecule has 1 aromatic carbocycles. The summed E-state index contributed by atoms with van der Waals surface area (Å²) in [5.41, 5.74) is 0.620. The topological polar surface area (TPSA) is 86.9 Å². The summed E-state index contributed by atoms with van der Waals surface area (Å²) in [6.45, 7) is 1.12. The Bertz CT molecular complexity index is 532. The van der Waals surface area contributed by atoms with Crippen molar-refractivity contribution < 1.29 is 14.8 Å². The fourth-order valence-corrected chi connectivity index (χ4v) is 2.70. The molecule has 0 aromatic heterocycles. The monoisotopic (exact) mass is 307 g/mol. The van der Waals surface area contributed by atoms with Crippen molar-refractivity contribution in [3.63, 3.8) is 0 Å². The summed E-state index contributed by atoms with van der Waals surface area (Å²) in [5.74, 6) is -0.0887. The number of carbonyl (C=O) groups excluding carboxylic acids is 1. The smallest absolute Gasteiger partial charge is 0.269 e. The molecule has 0 radical (unpaired) electrons. The summed E-state index contributed by atoms with van der Waals surface area (Å²) >= 11 is 0. The molecule has 0 spiro atoms. The van der Waals surface area contributed by atoms with Crippen molar-refractivity contribution in [3.05, 3.63) is 34.4 Å². The fourth-order valence-electron chi connectivity index (χ4n) is 2.70. The van der Waals surface area contributed by atoms with Gasteiger partial charge in [-0.15, -0.1) is 0 Å².